The number of amides is 2. The van der Waals surface area contributed by atoms with Crippen LogP contribution in [-0.2, 0) is 24.1 Å². The molecule has 0 unspecified atom stereocenters. The molecule has 0 aromatic heterocycles. The molecule has 0 saturated carbocycles. The predicted molar refractivity (Wildman–Crippen MR) is 294 cm³/mol. The number of imide groups is 1. The Morgan fingerprint density at radius 3 is 0.833 bits per heavy atom. The van der Waals surface area contributed by atoms with Crippen molar-refractivity contribution in [2.45, 2.75) is 355 Å². The standard InChI is InChI=1S/C63H117NO2/c1-5-8-11-14-17-20-23-26-29-32-35-38-41-44-47-50-53-59-56-60(54-51-48-45-42-39-36-33-30-27-24-21-18-15-12-9-6-2)61(62(57-59)63(66)64-58(4)65)55-52-49-46-43-40-37-34-31-28-25-22-19-16-13-10-7-3/h56-57H,5-55H2,1-4H3,(H,64,65,66). The van der Waals surface area contributed by atoms with Crippen LogP contribution >= 0.6 is 0 Å². The number of carbonyl (C=O) groups is 2. The topological polar surface area (TPSA) is 46.2 Å². The summed E-state index contributed by atoms with van der Waals surface area (Å²) in [5.41, 5.74) is 4.71. The number of hydrogen-bond acceptors (Lipinski definition) is 2. The van der Waals surface area contributed by atoms with E-state index in [2.05, 4.69) is 38.2 Å². The highest BCUT2D eigenvalue weighted by molar-refractivity contribution is 6.05. The third-order valence-corrected chi connectivity index (χ3v) is 14.8. The van der Waals surface area contributed by atoms with E-state index in [0.29, 0.717) is 0 Å². The third kappa shape index (κ3) is 40.3. The minimum atomic E-state index is -0.254. The Labute approximate surface area is 414 Å². The van der Waals surface area contributed by atoms with Crippen molar-refractivity contribution in [2.75, 3.05) is 0 Å². The largest absolute Gasteiger partial charge is 0.293 e. The number of nitrogens with one attached hydrogen (secondary N) is 1. The van der Waals surface area contributed by atoms with Crippen LogP contribution in [0.5, 0.6) is 0 Å². The van der Waals surface area contributed by atoms with Crippen LogP contribution in [0.2, 0.25) is 0 Å². The highest BCUT2D eigenvalue weighted by Crippen LogP contribution is 2.26. The maximum atomic E-state index is 13.7. The summed E-state index contributed by atoms with van der Waals surface area (Å²) in [6, 6.07) is 4.64. The van der Waals surface area contributed by atoms with Crippen molar-refractivity contribution in [3.8, 4) is 0 Å². The molecule has 1 aromatic rings. The van der Waals surface area contributed by atoms with Crippen LogP contribution in [0.1, 0.15) is 363 Å². The summed E-state index contributed by atoms with van der Waals surface area (Å²) in [5, 5.41) is 2.68. The van der Waals surface area contributed by atoms with Gasteiger partial charge in [-0.3, -0.25) is 14.9 Å². The van der Waals surface area contributed by atoms with Crippen LogP contribution in [0.3, 0.4) is 0 Å². The maximum absolute atomic E-state index is 13.7. The average molecular weight is 921 g/mol. The lowest BCUT2D eigenvalue weighted by Crippen LogP contribution is -2.29. The van der Waals surface area contributed by atoms with Gasteiger partial charge in [-0.05, 0) is 61.3 Å². The summed E-state index contributed by atoms with van der Waals surface area (Å²) in [7, 11) is 0. The fourth-order valence-electron chi connectivity index (χ4n) is 10.5. The van der Waals surface area contributed by atoms with Gasteiger partial charge in [-0.15, -0.1) is 0 Å². The second kappa shape index (κ2) is 49.8. The van der Waals surface area contributed by atoms with E-state index in [4.69, 9.17) is 0 Å². The third-order valence-electron chi connectivity index (χ3n) is 14.8. The molecule has 3 heteroatoms. The van der Waals surface area contributed by atoms with Gasteiger partial charge in [0.15, 0.2) is 0 Å². The zero-order valence-electron chi connectivity index (χ0n) is 45.5. The van der Waals surface area contributed by atoms with Gasteiger partial charge >= 0.3 is 0 Å². The highest BCUT2D eigenvalue weighted by Gasteiger charge is 2.18. The first-order valence-corrected chi connectivity index (χ1v) is 30.5. The number of aryl methyl sites for hydroxylation is 2. The Balaban J connectivity index is 2.60. The normalized spacial score (nSPS) is 11.5. The highest BCUT2D eigenvalue weighted by atomic mass is 16.2. The molecule has 66 heavy (non-hydrogen) atoms. The molecular formula is C63H117NO2. The zero-order chi connectivity index (χ0) is 47.6. The molecule has 0 aliphatic carbocycles. The summed E-state index contributed by atoms with van der Waals surface area (Å²) >= 11 is 0. The molecule has 0 fully saturated rings. The average Bonchev–Trinajstić information content (AvgIpc) is 3.31. The lowest BCUT2D eigenvalue weighted by Gasteiger charge is -2.18. The van der Waals surface area contributed by atoms with Crippen molar-refractivity contribution in [3.05, 3.63) is 34.4 Å². The first-order valence-electron chi connectivity index (χ1n) is 30.5. The van der Waals surface area contributed by atoms with Gasteiger partial charge in [-0.1, -0.05) is 316 Å². The minimum absolute atomic E-state index is 0.184. The molecule has 0 bridgehead atoms. The maximum Gasteiger partial charge on any atom is 0.258 e. The summed E-state index contributed by atoms with van der Waals surface area (Å²) < 4.78 is 0. The molecule has 386 valence electrons. The van der Waals surface area contributed by atoms with E-state index in [9.17, 15) is 9.59 Å². The smallest absolute Gasteiger partial charge is 0.258 e. The first-order chi connectivity index (χ1) is 32.5. The van der Waals surface area contributed by atoms with E-state index >= 15 is 0 Å². The van der Waals surface area contributed by atoms with Crippen LogP contribution in [0.15, 0.2) is 12.1 Å². The number of rotatable bonds is 52. The van der Waals surface area contributed by atoms with Crippen molar-refractivity contribution in [1.82, 2.24) is 5.32 Å². The van der Waals surface area contributed by atoms with Crippen molar-refractivity contribution >= 4 is 11.8 Å². The van der Waals surface area contributed by atoms with Gasteiger partial charge in [0.1, 0.15) is 0 Å². The molecule has 0 atom stereocenters. The van der Waals surface area contributed by atoms with Gasteiger partial charge in [0.2, 0.25) is 5.91 Å². The fourth-order valence-corrected chi connectivity index (χ4v) is 10.5. The van der Waals surface area contributed by atoms with E-state index in [-0.39, 0.29) is 11.8 Å². The minimum Gasteiger partial charge on any atom is -0.293 e. The van der Waals surface area contributed by atoms with Gasteiger partial charge in [0, 0.05) is 12.5 Å². The van der Waals surface area contributed by atoms with Gasteiger partial charge in [0.05, 0.1) is 0 Å². The van der Waals surface area contributed by atoms with Crippen molar-refractivity contribution in [2.24, 2.45) is 0 Å². The first kappa shape index (κ1) is 62.4. The molecule has 0 aliphatic heterocycles. The summed E-state index contributed by atoms with van der Waals surface area (Å²) in [4.78, 5) is 25.8. The predicted octanol–water partition coefficient (Wildman–Crippen LogP) is 21.4. The zero-order valence-corrected chi connectivity index (χ0v) is 45.5. The Morgan fingerprint density at radius 1 is 0.318 bits per heavy atom. The Morgan fingerprint density at radius 2 is 0.561 bits per heavy atom. The van der Waals surface area contributed by atoms with Gasteiger partial charge in [-0.25, -0.2) is 0 Å². The molecule has 0 heterocycles. The van der Waals surface area contributed by atoms with Gasteiger partial charge in [-0.2, -0.15) is 0 Å². The summed E-state index contributed by atoms with van der Waals surface area (Å²) in [6.07, 6.45) is 69.2. The quantitative estimate of drug-likeness (QED) is 0.0662. The number of benzene rings is 1. The van der Waals surface area contributed by atoms with Crippen LogP contribution < -0.4 is 5.32 Å². The summed E-state index contributed by atoms with van der Waals surface area (Å²) in [6.45, 7) is 8.38. The van der Waals surface area contributed by atoms with Crippen LogP contribution in [-0.4, -0.2) is 11.8 Å². The summed E-state index contributed by atoms with van der Waals surface area (Å²) in [5.74, 6) is -0.438. The molecule has 1 N–H and O–H groups in total. The SMILES string of the molecule is CCCCCCCCCCCCCCCCCCc1cc(CCCCCCCCCCCCCCCCCC)c(CCCCCCCCCCCCCCCCCC)c(C(=O)NC(C)=O)c1. The van der Waals surface area contributed by atoms with E-state index in [1.54, 1.807) is 0 Å². The lowest BCUT2D eigenvalue weighted by molar-refractivity contribution is -0.118. The van der Waals surface area contributed by atoms with Crippen LogP contribution in [0, 0.1) is 0 Å². The fraction of sp³-hybridized carbons (Fsp3) is 0.873. The molecule has 1 aromatic carbocycles. The number of hydrogen-bond donors (Lipinski definition) is 1. The van der Waals surface area contributed by atoms with E-state index < -0.39 is 0 Å². The van der Waals surface area contributed by atoms with Crippen molar-refractivity contribution < 1.29 is 9.59 Å². The van der Waals surface area contributed by atoms with E-state index in [0.717, 1.165) is 31.2 Å². The second-order valence-electron chi connectivity index (χ2n) is 21.5. The molecule has 0 spiro atoms. The number of unbranched alkanes of at least 4 members (excludes halogenated alkanes) is 45. The molecule has 0 saturated heterocycles. The Hall–Kier alpha value is -1.64. The Bertz CT molecular complexity index is 1190. The molecule has 2 amide bonds. The van der Waals surface area contributed by atoms with Gasteiger partial charge < -0.3 is 0 Å². The Kier molecular flexibility index (Phi) is 47.0. The molecular weight excluding hydrogens is 803 g/mol. The van der Waals surface area contributed by atoms with Crippen molar-refractivity contribution in [1.29, 1.82) is 0 Å². The molecule has 3 nitrogen and oxygen atoms in total. The monoisotopic (exact) mass is 920 g/mol. The second-order valence-corrected chi connectivity index (χ2v) is 21.5. The van der Waals surface area contributed by atoms with Gasteiger partial charge in [0.25, 0.3) is 5.91 Å². The molecule has 0 aliphatic rings. The molecule has 1 rings (SSSR count). The molecule has 0 radical (unpaired) electrons. The van der Waals surface area contributed by atoms with Crippen molar-refractivity contribution in [3.63, 3.8) is 0 Å². The van der Waals surface area contributed by atoms with Crippen LogP contribution in [0.25, 0.3) is 0 Å². The van der Waals surface area contributed by atoms with Crippen LogP contribution in [0.4, 0.5) is 0 Å². The number of carbonyl (C=O) groups excluding carboxylic acids is 2. The lowest BCUT2D eigenvalue weighted by atomic mass is 9.88. The van der Waals surface area contributed by atoms with E-state index in [1.165, 1.54) is 325 Å². The van der Waals surface area contributed by atoms with E-state index in [1.807, 2.05) is 0 Å².